The second-order valence-electron chi connectivity index (χ2n) is 12.4. The highest BCUT2D eigenvalue weighted by Crippen LogP contribution is 2.34. The van der Waals surface area contributed by atoms with Gasteiger partial charge >= 0.3 is 6.03 Å². The van der Waals surface area contributed by atoms with Gasteiger partial charge in [0.25, 0.3) is 0 Å². The van der Waals surface area contributed by atoms with Gasteiger partial charge in [0.05, 0.1) is 6.04 Å². The Balaban J connectivity index is 1.69. The first-order valence-corrected chi connectivity index (χ1v) is 14.2. The number of hydrogen-bond donors (Lipinski definition) is 2. The number of carbonyl (C=O) groups excluding carboxylic acids is 2. The smallest absolute Gasteiger partial charge is 0.315 e. The van der Waals surface area contributed by atoms with Crippen LogP contribution in [0.3, 0.4) is 0 Å². The molecule has 1 aromatic carbocycles. The largest absolute Gasteiger partial charge is 0.334 e. The third-order valence-electron chi connectivity index (χ3n) is 8.26. The summed E-state index contributed by atoms with van der Waals surface area (Å²) in [6.07, 6.45) is 10.3. The van der Waals surface area contributed by atoms with Crippen molar-refractivity contribution in [1.82, 2.24) is 15.5 Å². The highest BCUT2D eigenvalue weighted by Gasteiger charge is 2.42. The number of carbonyl (C=O) groups is 2. The maximum absolute atomic E-state index is 13.8. The molecule has 3 amide bonds. The number of likely N-dealkylation sites (tertiary alicyclic amines) is 1. The fourth-order valence-electron chi connectivity index (χ4n) is 6.08. The van der Waals surface area contributed by atoms with Crippen LogP contribution in [0.15, 0.2) is 42.5 Å². The Kier molecular flexibility index (Phi) is 9.66. The highest BCUT2D eigenvalue weighted by atomic mass is 16.2. The quantitative estimate of drug-likeness (QED) is 0.378. The van der Waals surface area contributed by atoms with Crippen LogP contribution < -0.4 is 10.6 Å². The average molecular weight is 496 g/mol. The molecule has 1 heterocycles. The molecule has 2 unspecified atom stereocenters. The standard InChI is InChI=1S/C31H49N3O2/c1-7-24(3)26-21-23(2)22-34(26)28(35)27(30(4,5)6)32-29(36)33-31(18-12-9-13-19-31)20-14-17-25-15-10-8-11-16-25/h8,10-11,15-16,23,26-27H,3,7,9,12-14,17-22H2,1-2,4-6H3,(H2,32,33,36)/t23-,26?,27?/m1/s1. The van der Waals surface area contributed by atoms with Crippen molar-refractivity contribution in [2.45, 2.75) is 116 Å². The SMILES string of the molecule is C=C(CC)C1C[C@@H](C)CN1C(=O)C(NC(=O)NC1(CCCc2ccccc2)CCCCC1)C(C)(C)C. The van der Waals surface area contributed by atoms with Crippen molar-refractivity contribution in [3.05, 3.63) is 48.0 Å². The zero-order valence-corrected chi connectivity index (χ0v) is 23.4. The van der Waals surface area contributed by atoms with Gasteiger partial charge in [-0.05, 0) is 61.8 Å². The number of aryl methyl sites for hydroxylation is 1. The predicted molar refractivity (Wildman–Crippen MR) is 149 cm³/mol. The first-order valence-electron chi connectivity index (χ1n) is 14.2. The molecular formula is C31H49N3O2. The fraction of sp³-hybridized carbons (Fsp3) is 0.677. The lowest BCUT2D eigenvalue weighted by molar-refractivity contribution is -0.136. The molecule has 1 aliphatic carbocycles. The third-order valence-corrected chi connectivity index (χ3v) is 8.26. The normalized spacial score (nSPS) is 22.6. The summed E-state index contributed by atoms with van der Waals surface area (Å²) >= 11 is 0. The molecule has 1 aliphatic heterocycles. The molecule has 1 saturated heterocycles. The number of rotatable bonds is 9. The van der Waals surface area contributed by atoms with Gasteiger partial charge in [-0.1, -0.05) is 96.4 Å². The highest BCUT2D eigenvalue weighted by molar-refractivity contribution is 5.88. The van der Waals surface area contributed by atoms with Gasteiger partial charge < -0.3 is 15.5 Å². The Bertz CT molecular complexity index is 883. The van der Waals surface area contributed by atoms with Crippen molar-refractivity contribution < 1.29 is 9.59 Å². The summed E-state index contributed by atoms with van der Waals surface area (Å²) in [5.74, 6) is 0.454. The topological polar surface area (TPSA) is 61.4 Å². The summed E-state index contributed by atoms with van der Waals surface area (Å²) in [7, 11) is 0. The van der Waals surface area contributed by atoms with E-state index in [-0.39, 0.29) is 23.5 Å². The van der Waals surface area contributed by atoms with Crippen molar-refractivity contribution in [3.63, 3.8) is 0 Å². The number of amides is 3. The average Bonchev–Trinajstić information content (AvgIpc) is 3.24. The lowest BCUT2D eigenvalue weighted by atomic mass is 9.78. The minimum atomic E-state index is -0.583. The van der Waals surface area contributed by atoms with Crippen molar-refractivity contribution >= 4 is 11.9 Å². The van der Waals surface area contributed by atoms with E-state index in [2.05, 4.69) is 55.3 Å². The van der Waals surface area contributed by atoms with Gasteiger partial charge in [-0.25, -0.2) is 4.79 Å². The molecule has 5 heteroatoms. The Morgan fingerprint density at radius 3 is 2.42 bits per heavy atom. The summed E-state index contributed by atoms with van der Waals surface area (Å²) in [5, 5.41) is 6.52. The van der Waals surface area contributed by atoms with E-state index in [0.29, 0.717) is 5.92 Å². The van der Waals surface area contributed by atoms with Gasteiger partial charge in [0, 0.05) is 12.1 Å². The summed E-state index contributed by atoms with van der Waals surface area (Å²) in [6, 6.07) is 9.84. The van der Waals surface area contributed by atoms with E-state index in [1.54, 1.807) is 0 Å². The lowest BCUT2D eigenvalue weighted by Gasteiger charge is -2.40. The number of nitrogens with one attached hydrogen (secondary N) is 2. The molecule has 3 rings (SSSR count). The van der Waals surface area contributed by atoms with Gasteiger partial charge in [-0.2, -0.15) is 0 Å². The molecule has 2 aliphatic rings. The molecule has 1 saturated carbocycles. The van der Waals surface area contributed by atoms with Crippen molar-refractivity contribution in [3.8, 4) is 0 Å². The fourth-order valence-corrected chi connectivity index (χ4v) is 6.08. The van der Waals surface area contributed by atoms with Gasteiger partial charge in [0.1, 0.15) is 6.04 Å². The van der Waals surface area contributed by atoms with Gasteiger partial charge in [0.2, 0.25) is 5.91 Å². The third kappa shape index (κ3) is 7.36. The van der Waals surface area contributed by atoms with Gasteiger partial charge in [-0.3, -0.25) is 4.79 Å². The van der Waals surface area contributed by atoms with Crippen LogP contribution in [0.2, 0.25) is 0 Å². The van der Waals surface area contributed by atoms with Crippen LogP contribution in [0.1, 0.15) is 98.0 Å². The summed E-state index contributed by atoms with van der Waals surface area (Å²) in [5.41, 5.74) is 1.86. The van der Waals surface area contributed by atoms with Crippen LogP contribution in [0.25, 0.3) is 0 Å². The molecule has 1 aromatic rings. The van der Waals surface area contributed by atoms with Crippen molar-refractivity contribution in [2.24, 2.45) is 11.3 Å². The predicted octanol–water partition coefficient (Wildman–Crippen LogP) is 6.63. The Morgan fingerprint density at radius 1 is 1.14 bits per heavy atom. The summed E-state index contributed by atoms with van der Waals surface area (Å²) in [6.45, 7) is 15.4. The van der Waals surface area contributed by atoms with E-state index < -0.39 is 11.5 Å². The molecule has 5 nitrogen and oxygen atoms in total. The molecule has 36 heavy (non-hydrogen) atoms. The molecule has 200 valence electrons. The van der Waals surface area contributed by atoms with E-state index in [9.17, 15) is 9.59 Å². The second-order valence-corrected chi connectivity index (χ2v) is 12.4. The Morgan fingerprint density at radius 2 is 1.81 bits per heavy atom. The summed E-state index contributed by atoms with van der Waals surface area (Å²) < 4.78 is 0. The maximum atomic E-state index is 13.8. The summed E-state index contributed by atoms with van der Waals surface area (Å²) in [4.78, 5) is 29.3. The van der Waals surface area contributed by atoms with E-state index in [1.807, 2.05) is 31.7 Å². The molecular weight excluding hydrogens is 446 g/mol. The number of urea groups is 1. The minimum Gasteiger partial charge on any atom is -0.334 e. The second kappa shape index (κ2) is 12.3. The Hall–Kier alpha value is -2.30. The zero-order valence-electron chi connectivity index (χ0n) is 23.4. The molecule has 2 fully saturated rings. The molecule has 0 bridgehead atoms. The monoisotopic (exact) mass is 495 g/mol. The van der Waals surface area contributed by atoms with Crippen LogP contribution in [-0.4, -0.2) is 41.0 Å². The Labute approximate surface area is 219 Å². The lowest BCUT2D eigenvalue weighted by Crippen LogP contribution is -2.61. The van der Waals surface area contributed by atoms with E-state index in [4.69, 9.17) is 0 Å². The van der Waals surface area contributed by atoms with Crippen LogP contribution in [0.4, 0.5) is 4.79 Å². The van der Waals surface area contributed by atoms with Crippen molar-refractivity contribution in [2.75, 3.05) is 6.54 Å². The van der Waals surface area contributed by atoms with E-state index in [0.717, 1.165) is 69.9 Å². The molecule has 3 atom stereocenters. The van der Waals surface area contributed by atoms with Crippen molar-refractivity contribution in [1.29, 1.82) is 0 Å². The maximum Gasteiger partial charge on any atom is 0.315 e. The van der Waals surface area contributed by atoms with Gasteiger partial charge in [0.15, 0.2) is 0 Å². The van der Waals surface area contributed by atoms with Crippen LogP contribution >= 0.6 is 0 Å². The molecule has 0 aromatic heterocycles. The molecule has 0 spiro atoms. The first-order chi connectivity index (χ1) is 17.0. The number of nitrogens with zero attached hydrogens (tertiary/aromatic N) is 1. The van der Waals surface area contributed by atoms with E-state index >= 15 is 0 Å². The van der Waals surface area contributed by atoms with Crippen LogP contribution in [0.5, 0.6) is 0 Å². The van der Waals surface area contributed by atoms with Gasteiger partial charge in [-0.15, -0.1) is 0 Å². The van der Waals surface area contributed by atoms with Crippen LogP contribution in [-0.2, 0) is 11.2 Å². The zero-order chi connectivity index (χ0) is 26.3. The van der Waals surface area contributed by atoms with Crippen LogP contribution in [0, 0.1) is 11.3 Å². The minimum absolute atomic E-state index is 0.0170. The van der Waals surface area contributed by atoms with E-state index in [1.165, 1.54) is 12.0 Å². The molecule has 0 radical (unpaired) electrons. The molecule has 2 N–H and O–H groups in total. The number of benzene rings is 1. The first kappa shape index (κ1) is 28.3. The number of hydrogen-bond acceptors (Lipinski definition) is 2.